The first-order valence-electron chi connectivity index (χ1n) is 6.56. The molecule has 1 aliphatic rings. The number of hydrogen-bond acceptors (Lipinski definition) is 5. The fourth-order valence-electron chi connectivity index (χ4n) is 2.17. The number of methoxy groups -OCH3 is 3. The minimum absolute atomic E-state index is 0.187. The fraction of sp³-hybridized carbons (Fsp3) is 0.429. The van der Waals surface area contributed by atoms with Crippen molar-refractivity contribution in [1.82, 2.24) is 10.6 Å². The molecule has 1 unspecified atom stereocenters. The van der Waals surface area contributed by atoms with Crippen LogP contribution < -0.4 is 24.8 Å². The topological polar surface area (TPSA) is 81.2 Å². The molecule has 0 spiro atoms. The van der Waals surface area contributed by atoms with Gasteiger partial charge in [-0.15, -0.1) is 0 Å². The maximum Gasteiger partial charge on any atom is 0.254 e. The van der Waals surface area contributed by atoms with Crippen LogP contribution in [0.5, 0.6) is 17.2 Å². The Morgan fingerprint density at radius 3 is 2.29 bits per heavy atom. The number of hydrogen-bond donors (Lipinski definition) is 2. The van der Waals surface area contributed by atoms with Crippen molar-refractivity contribution in [3.05, 3.63) is 17.7 Å². The zero-order chi connectivity index (χ0) is 15.4. The van der Waals surface area contributed by atoms with Crippen molar-refractivity contribution >= 4 is 11.9 Å². The number of carbonyl (C=O) groups excluding carboxylic acids is 1. The Hall–Kier alpha value is -2.44. The average Bonchev–Trinajstić information content (AvgIpc) is 2.86. The van der Waals surface area contributed by atoms with E-state index in [2.05, 4.69) is 15.6 Å². The van der Waals surface area contributed by atoms with Crippen LogP contribution >= 0.6 is 0 Å². The summed E-state index contributed by atoms with van der Waals surface area (Å²) in [4.78, 5) is 16.3. The number of nitrogens with zero attached hydrogens (tertiary/aromatic N) is 1. The summed E-state index contributed by atoms with van der Waals surface area (Å²) >= 11 is 0. The molecule has 1 aromatic rings. The molecule has 1 atom stereocenters. The predicted molar refractivity (Wildman–Crippen MR) is 78.1 cm³/mol. The quantitative estimate of drug-likeness (QED) is 0.841. The normalized spacial score (nSPS) is 19.1. The largest absolute Gasteiger partial charge is 0.496 e. The zero-order valence-corrected chi connectivity index (χ0v) is 12.5. The van der Waals surface area contributed by atoms with Gasteiger partial charge in [-0.1, -0.05) is 0 Å². The molecule has 1 fully saturated rings. The smallest absolute Gasteiger partial charge is 0.254 e. The summed E-state index contributed by atoms with van der Waals surface area (Å²) in [7, 11) is 4.63. The minimum Gasteiger partial charge on any atom is -0.496 e. The van der Waals surface area contributed by atoms with E-state index in [9.17, 15) is 4.79 Å². The van der Waals surface area contributed by atoms with Crippen LogP contribution in [-0.2, 0) is 4.79 Å². The Balaban J connectivity index is 2.43. The summed E-state index contributed by atoms with van der Waals surface area (Å²) in [5.41, 5.74) is 0.661. The molecule has 1 amide bonds. The number of ether oxygens (including phenoxy) is 3. The van der Waals surface area contributed by atoms with Gasteiger partial charge in [-0.3, -0.25) is 15.1 Å². The molecule has 1 aromatic carbocycles. The number of aliphatic imine (C=N–C) groups is 1. The van der Waals surface area contributed by atoms with Gasteiger partial charge in [-0.2, -0.15) is 0 Å². The van der Waals surface area contributed by atoms with Crippen LogP contribution in [-0.4, -0.2) is 39.7 Å². The highest BCUT2D eigenvalue weighted by atomic mass is 16.5. The van der Waals surface area contributed by atoms with E-state index in [0.717, 1.165) is 0 Å². The van der Waals surface area contributed by atoms with Crippen LogP contribution in [0.1, 0.15) is 18.5 Å². The molecule has 2 rings (SSSR count). The van der Waals surface area contributed by atoms with E-state index >= 15 is 0 Å². The number of amides is 1. The fourth-order valence-corrected chi connectivity index (χ4v) is 2.17. The summed E-state index contributed by atoms with van der Waals surface area (Å²) in [5.74, 6) is 1.89. The number of nitrogens with one attached hydrogen (secondary N) is 2. The molecule has 0 saturated carbocycles. The van der Waals surface area contributed by atoms with Gasteiger partial charge in [0, 0.05) is 18.2 Å². The molecule has 7 heteroatoms. The van der Waals surface area contributed by atoms with E-state index in [4.69, 9.17) is 14.2 Å². The summed E-state index contributed by atoms with van der Waals surface area (Å²) in [6.07, 6.45) is 0. The van der Waals surface area contributed by atoms with E-state index in [-0.39, 0.29) is 5.91 Å². The summed E-state index contributed by atoms with van der Waals surface area (Å²) in [6, 6.07) is 2.84. The third-order valence-electron chi connectivity index (χ3n) is 3.15. The van der Waals surface area contributed by atoms with E-state index < -0.39 is 6.04 Å². The van der Waals surface area contributed by atoms with Gasteiger partial charge < -0.3 is 19.5 Å². The lowest BCUT2D eigenvalue weighted by molar-refractivity contribution is -0.120. The van der Waals surface area contributed by atoms with Crippen molar-refractivity contribution in [3.8, 4) is 17.2 Å². The molecule has 21 heavy (non-hydrogen) atoms. The van der Waals surface area contributed by atoms with Crippen LogP contribution in [0, 0.1) is 0 Å². The Kier molecular flexibility index (Phi) is 4.52. The van der Waals surface area contributed by atoms with Crippen molar-refractivity contribution in [1.29, 1.82) is 0 Å². The number of benzene rings is 1. The van der Waals surface area contributed by atoms with Crippen molar-refractivity contribution in [2.75, 3.05) is 27.9 Å². The molecule has 0 aromatic heterocycles. The maximum absolute atomic E-state index is 12.1. The Morgan fingerprint density at radius 2 is 1.71 bits per heavy atom. The summed E-state index contributed by atoms with van der Waals surface area (Å²) in [5, 5.41) is 5.73. The highest BCUT2D eigenvalue weighted by Gasteiger charge is 2.32. The Labute approximate surface area is 123 Å². The SMILES string of the molecule is CCN=C1NC(=O)C(c2cc(OC)c(OC)cc2OC)N1. The second-order valence-corrected chi connectivity index (χ2v) is 4.34. The molecule has 1 heterocycles. The van der Waals surface area contributed by atoms with Crippen LogP contribution in [0.4, 0.5) is 0 Å². The second-order valence-electron chi connectivity index (χ2n) is 4.34. The average molecular weight is 293 g/mol. The van der Waals surface area contributed by atoms with Gasteiger partial charge in [-0.25, -0.2) is 0 Å². The minimum atomic E-state index is -0.579. The lowest BCUT2D eigenvalue weighted by Gasteiger charge is -2.16. The molecule has 1 aliphatic heterocycles. The summed E-state index contributed by atoms with van der Waals surface area (Å²) in [6.45, 7) is 2.48. The number of carbonyl (C=O) groups is 1. The van der Waals surface area contributed by atoms with Gasteiger partial charge in [0.2, 0.25) is 0 Å². The molecule has 1 saturated heterocycles. The van der Waals surface area contributed by atoms with Crippen molar-refractivity contribution < 1.29 is 19.0 Å². The van der Waals surface area contributed by atoms with Crippen molar-refractivity contribution in [3.63, 3.8) is 0 Å². The molecule has 2 N–H and O–H groups in total. The highest BCUT2D eigenvalue weighted by molar-refractivity contribution is 6.07. The van der Waals surface area contributed by atoms with Crippen LogP contribution in [0.3, 0.4) is 0 Å². The first kappa shape index (κ1) is 15.0. The number of rotatable bonds is 5. The molecule has 0 aliphatic carbocycles. The van der Waals surface area contributed by atoms with Crippen LogP contribution in [0.25, 0.3) is 0 Å². The first-order chi connectivity index (χ1) is 10.1. The second kappa shape index (κ2) is 6.34. The van der Waals surface area contributed by atoms with E-state index in [0.29, 0.717) is 35.3 Å². The zero-order valence-electron chi connectivity index (χ0n) is 12.5. The van der Waals surface area contributed by atoms with Gasteiger partial charge >= 0.3 is 0 Å². The Morgan fingerprint density at radius 1 is 1.10 bits per heavy atom. The summed E-state index contributed by atoms with van der Waals surface area (Å²) < 4.78 is 15.9. The predicted octanol–water partition coefficient (Wildman–Crippen LogP) is 0.849. The highest BCUT2D eigenvalue weighted by Crippen LogP contribution is 2.38. The standard InChI is InChI=1S/C14H19N3O4/c1-5-15-14-16-12(13(18)17-14)8-6-10(20-3)11(21-4)7-9(8)19-2/h6-7,12H,5H2,1-4H3,(H2,15,16,17,18). The van der Waals surface area contributed by atoms with Crippen molar-refractivity contribution in [2.45, 2.75) is 13.0 Å². The molecule has 7 nitrogen and oxygen atoms in total. The van der Waals surface area contributed by atoms with E-state index in [1.54, 1.807) is 33.5 Å². The third kappa shape index (κ3) is 2.86. The Bertz CT molecular complexity index is 572. The lowest BCUT2D eigenvalue weighted by Crippen LogP contribution is -2.25. The van der Waals surface area contributed by atoms with Gasteiger partial charge in [0.1, 0.15) is 11.8 Å². The molecular weight excluding hydrogens is 274 g/mol. The molecule has 0 bridgehead atoms. The first-order valence-corrected chi connectivity index (χ1v) is 6.56. The number of guanidine groups is 1. The molecule has 0 radical (unpaired) electrons. The van der Waals surface area contributed by atoms with Gasteiger partial charge in [0.25, 0.3) is 5.91 Å². The molecule has 114 valence electrons. The third-order valence-corrected chi connectivity index (χ3v) is 3.15. The van der Waals surface area contributed by atoms with Crippen LogP contribution in [0.2, 0.25) is 0 Å². The molecular formula is C14H19N3O4. The maximum atomic E-state index is 12.1. The van der Waals surface area contributed by atoms with E-state index in [1.807, 2.05) is 6.92 Å². The van der Waals surface area contributed by atoms with Crippen molar-refractivity contribution in [2.24, 2.45) is 4.99 Å². The lowest BCUT2D eigenvalue weighted by atomic mass is 10.0. The van der Waals surface area contributed by atoms with Crippen LogP contribution in [0.15, 0.2) is 17.1 Å². The van der Waals surface area contributed by atoms with Gasteiger partial charge in [-0.05, 0) is 13.0 Å². The van der Waals surface area contributed by atoms with Gasteiger partial charge in [0.15, 0.2) is 17.5 Å². The monoisotopic (exact) mass is 293 g/mol. The van der Waals surface area contributed by atoms with E-state index in [1.165, 1.54) is 0 Å². The van der Waals surface area contributed by atoms with Gasteiger partial charge in [0.05, 0.1) is 21.3 Å².